The zero-order chi connectivity index (χ0) is 15.1. The van der Waals surface area contributed by atoms with Crippen molar-refractivity contribution in [2.24, 2.45) is 5.92 Å². The molecule has 20 heavy (non-hydrogen) atoms. The molecule has 1 aromatic carbocycles. The molecule has 0 aromatic heterocycles. The molecule has 2 atom stereocenters. The Labute approximate surface area is 129 Å². The number of benzene rings is 1. The van der Waals surface area contributed by atoms with E-state index in [4.69, 9.17) is 4.74 Å². The Morgan fingerprint density at radius 3 is 2.45 bits per heavy atom. The van der Waals surface area contributed by atoms with Crippen LogP contribution in [-0.4, -0.2) is 18.2 Å². The van der Waals surface area contributed by atoms with Gasteiger partial charge in [0.1, 0.15) is 5.82 Å². The summed E-state index contributed by atoms with van der Waals surface area (Å²) in [7, 11) is 1.88. The van der Waals surface area contributed by atoms with E-state index in [0.29, 0.717) is 5.56 Å². The summed E-state index contributed by atoms with van der Waals surface area (Å²) in [6, 6.07) is 5.20. The Morgan fingerprint density at radius 1 is 1.35 bits per heavy atom. The van der Waals surface area contributed by atoms with Gasteiger partial charge in [-0.2, -0.15) is 0 Å². The Hall–Kier alpha value is -0.450. The normalized spacial score (nSPS) is 25.6. The topological polar surface area (TPSA) is 21.3 Å². The lowest BCUT2D eigenvalue weighted by molar-refractivity contribution is -0.0777. The van der Waals surface area contributed by atoms with Gasteiger partial charge < -0.3 is 10.1 Å². The molecule has 1 aromatic rings. The minimum Gasteiger partial charge on any atom is -0.369 e. The minimum atomic E-state index is -0.281. The van der Waals surface area contributed by atoms with Gasteiger partial charge in [-0.05, 0) is 53.3 Å². The lowest BCUT2D eigenvalue weighted by atomic mass is 9.79. The number of nitrogens with one attached hydrogen (secondary N) is 1. The first-order valence-corrected chi connectivity index (χ1v) is 7.78. The van der Waals surface area contributed by atoms with Crippen molar-refractivity contribution in [2.75, 3.05) is 7.05 Å². The predicted octanol–water partition coefficient (Wildman–Crippen LogP) is 4.44. The number of ether oxygens (including phenoxy) is 1. The van der Waals surface area contributed by atoms with Gasteiger partial charge in [0, 0.05) is 22.0 Å². The van der Waals surface area contributed by atoms with E-state index < -0.39 is 0 Å². The number of hydrogen-bond acceptors (Lipinski definition) is 2. The molecule has 1 heterocycles. The Morgan fingerprint density at radius 2 is 2.00 bits per heavy atom. The first kappa shape index (κ1) is 15.9. The lowest BCUT2D eigenvalue weighted by Crippen LogP contribution is -2.37. The Balaban J connectivity index is 2.37. The second-order valence-electron chi connectivity index (χ2n) is 6.71. The van der Waals surface area contributed by atoms with Crippen molar-refractivity contribution < 1.29 is 9.13 Å². The van der Waals surface area contributed by atoms with Gasteiger partial charge in [-0.25, -0.2) is 4.39 Å². The van der Waals surface area contributed by atoms with Crippen LogP contribution in [0.1, 0.15) is 45.7 Å². The van der Waals surface area contributed by atoms with Crippen LogP contribution >= 0.6 is 15.9 Å². The van der Waals surface area contributed by atoms with Gasteiger partial charge in [-0.1, -0.05) is 22.0 Å². The molecule has 112 valence electrons. The SMILES string of the molecule is CNC(c1ccc(Br)cc1F)C1CC(C)(C)OC1(C)C. The van der Waals surface area contributed by atoms with E-state index in [1.807, 2.05) is 19.2 Å². The third-order valence-electron chi connectivity index (χ3n) is 4.15. The fraction of sp³-hybridized carbons (Fsp3) is 0.625. The maximum Gasteiger partial charge on any atom is 0.129 e. The molecule has 0 radical (unpaired) electrons. The molecule has 1 N–H and O–H groups in total. The second-order valence-corrected chi connectivity index (χ2v) is 7.62. The van der Waals surface area contributed by atoms with Crippen molar-refractivity contribution in [2.45, 2.75) is 51.4 Å². The zero-order valence-electron chi connectivity index (χ0n) is 12.8. The van der Waals surface area contributed by atoms with Crippen molar-refractivity contribution in [3.63, 3.8) is 0 Å². The zero-order valence-corrected chi connectivity index (χ0v) is 14.3. The molecule has 2 unspecified atom stereocenters. The third kappa shape index (κ3) is 3.07. The van der Waals surface area contributed by atoms with Crippen molar-refractivity contribution in [3.05, 3.63) is 34.1 Å². The third-order valence-corrected chi connectivity index (χ3v) is 4.65. The highest BCUT2D eigenvalue weighted by atomic mass is 79.9. The van der Waals surface area contributed by atoms with E-state index in [-0.39, 0.29) is 29.0 Å². The summed E-state index contributed by atoms with van der Waals surface area (Å²) in [4.78, 5) is 0. The largest absolute Gasteiger partial charge is 0.369 e. The molecule has 1 aliphatic rings. The first-order chi connectivity index (χ1) is 9.16. The maximum atomic E-state index is 14.3. The molecule has 2 nitrogen and oxygen atoms in total. The van der Waals surface area contributed by atoms with E-state index in [1.54, 1.807) is 0 Å². The van der Waals surface area contributed by atoms with Crippen LogP contribution in [0.15, 0.2) is 22.7 Å². The summed E-state index contributed by atoms with van der Waals surface area (Å²) in [5.74, 6) is 0.0393. The fourth-order valence-electron chi connectivity index (χ4n) is 3.45. The Kier molecular flexibility index (Phi) is 4.30. The van der Waals surface area contributed by atoms with Crippen molar-refractivity contribution in [1.29, 1.82) is 0 Å². The van der Waals surface area contributed by atoms with Crippen LogP contribution in [0.25, 0.3) is 0 Å². The molecular formula is C16H23BrFNO. The molecule has 0 aliphatic carbocycles. The van der Waals surface area contributed by atoms with E-state index in [1.165, 1.54) is 6.07 Å². The van der Waals surface area contributed by atoms with E-state index in [0.717, 1.165) is 10.9 Å². The van der Waals surface area contributed by atoms with E-state index in [9.17, 15) is 4.39 Å². The highest BCUT2D eigenvalue weighted by molar-refractivity contribution is 9.10. The van der Waals surface area contributed by atoms with Gasteiger partial charge >= 0.3 is 0 Å². The summed E-state index contributed by atoms with van der Waals surface area (Å²) in [5, 5.41) is 3.28. The summed E-state index contributed by atoms with van der Waals surface area (Å²) < 4.78 is 21.2. The summed E-state index contributed by atoms with van der Waals surface area (Å²) in [5.41, 5.74) is 0.251. The number of hydrogen-bond donors (Lipinski definition) is 1. The second kappa shape index (κ2) is 5.39. The molecule has 1 fully saturated rings. The summed E-state index contributed by atoms with van der Waals surface area (Å²) in [6.07, 6.45) is 0.904. The highest BCUT2D eigenvalue weighted by Crippen LogP contribution is 2.47. The van der Waals surface area contributed by atoms with Crippen LogP contribution in [0, 0.1) is 11.7 Å². The van der Waals surface area contributed by atoms with Crippen molar-refractivity contribution in [3.8, 4) is 0 Å². The smallest absolute Gasteiger partial charge is 0.129 e. The number of rotatable bonds is 3. The molecule has 1 saturated heterocycles. The maximum absolute atomic E-state index is 14.3. The van der Waals surface area contributed by atoms with Gasteiger partial charge in [0.05, 0.1) is 11.2 Å². The highest BCUT2D eigenvalue weighted by Gasteiger charge is 2.49. The van der Waals surface area contributed by atoms with Crippen LogP contribution in [-0.2, 0) is 4.74 Å². The average molecular weight is 344 g/mol. The van der Waals surface area contributed by atoms with Gasteiger partial charge in [0.2, 0.25) is 0 Å². The molecule has 0 saturated carbocycles. The van der Waals surface area contributed by atoms with Crippen molar-refractivity contribution in [1.82, 2.24) is 5.32 Å². The average Bonchev–Trinajstić information content (AvgIpc) is 2.51. The fourth-order valence-corrected chi connectivity index (χ4v) is 3.78. The summed E-state index contributed by atoms with van der Waals surface area (Å²) in [6.45, 7) is 8.37. The lowest BCUT2D eigenvalue weighted by Gasteiger charge is -2.33. The summed E-state index contributed by atoms with van der Waals surface area (Å²) >= 11 is 3.31. The monoisotopic (exact) mass is 343 g/mol. The van der Waals surface area contributed by atoms with Gasteiger partial charge in [-0.3, -0.25) is 0 Å². The first-order valence-electron chi connectivity index (χ1n) is 6.99. The van der Waals surface area contributed by atoms with Gasteiger partial charge in [0.25, 0.3) is 0 Å². The van der Waals surface area contributed by atoms with Gasteiger partial charge in [0.15, 0.2) is 0 Å². The van der Waals surface area contributed by atoms with Crippen LogP contribution in [0.2, 0.25) is 0 Å². The molecule has 0 spiro atoms. The molecular weight excluding hydrogens is 321 g/mol. The van der Waals surface area contributed by atoms with Gasteiger partial charge in [-0.15, -0.1) is 0 Å². The molecule has 4 heteroatoms. The van der Waals surface area contributed by atoms with Crippen LogP contribution in [0.4, 0.5) is 4.39 Å². The minimum absolute atomic E-state index is 0.0557. The van der Waals surface area contributed by atoms with Crippen LogP contribution in [0.5, 0.6) is 0 Å². The van der Waals surface area contributed by atoms with Crippen LogP contribution < -0.4 is 5.32 Å². The van der Waals surface area contributed by atoms with Crippen molar-refractivity contribution >= 4 is 15.9 Å². The quantitative estimate of drug-likeness (QED) is 0.875. The van der Waals surface area contributed by atoms with E-state index in [2.05, 4.69) is 48.9 Å². The standard InChI is InChI=1S/C16H23BrFNO/c1-15(2)9-12(16(3,4)20-15)14(19-5)11-7-6-10(17)8-13(11)18/h6-8,12,14,19H,9H2,1-5H3. The molecule has 1 aliphatic heterocycles. The predicted molar refractivity (Wildman–Crippen MR) is 83.3 cm³/mol. The van der Waals surface area contributed by atoms with Crippen LogP contribution in [0.3, 0.4) is 0 Å². The Bertz CT molecular complexity index is 501. The van der Waals surface area contributed by atoms with E-state index >= 15 is 0 Å². The molecule has 2 rings (SSSR count). The molecule has 0 amide bonds. The molecule has 0 bridgehead atoms. The number of halogens is 2.